The van der Waals surface area contributed by atoms with Crippen LogP contribution in [0, 0.1) is 0 Å². The number of fused-ring (bicyclic) bond motifs is 2. The van der Waals surface area contributed by atoms with E-state index in [9.17, 15) is 9.59 Å². The van der Waals surface area contributed by atoms with Crippen LogP contribution in [-0.2, 0) is 16.1 Å². The average Bonchev–Trinajstić information content (AvgIpc) is 3.04. The van der Waals surface area contributed by atoms with E-state index < -0.39 is 11.6 Å². The van der Waals surface area contributed by atoms with Crippen LogP contribution in [0.15, 0.2) is 54.7 Å². The molecule has 6 nitrogen and oxygen atoms in total. The molecule has 152 valence electrons. The lowest BCUT2D eigenvalue weighted by Gasteiger charge is -2.19. The van der Waals surface area contributed by atoms with Crippen molar-refractivity contribution >= 4 is 33.6 Å². The Labute approximate surface area is 174 Å². The van der Waals surface area contributed by atoms with Gasteiger partial charge in [-0.2, -0.15) is 5.10 Å². The number of pyridine rings is 1. The molecule has 0 radical (unpaired) electrons. The third-order valence-electron chi connectivity index (χ3n) is 4.72. The predicted octanol–water partition coefficient (Wildman–Crippen LogP) is 4.80. The molecule has 4 aromatic rings. The first kappa shape index (κ1) is 19.8. The lowest BCUT2D eigenvalue weighted by molar-refractivity contribution is -0.155. The van der Waals surface area contributed by atoms with E-state index in [-0.39, 0.29) is 12.3 Å². The number of rotatable bonds is 4. The molecule has 0 unspecified atom stereocenters. The lowest BCUT2D eigenvalue weighted by Crippen LogP contribution is -2.26. The molecule has 0 bridgehead atoms. The number of Topliss-reactive ketones (excluding diaryl/α,β-unsaturated/α-hetero) is 1. The standard InChI is InChI=1S/C24H23N3O3/c1-15(28)23-19-12-17(18-8-7-16-6-5-11-25-20(16)13-18)9-10-21(19)27(26-23)14-22(29)30-24(2,3)4/h5-13H,14H2,1-4H3. The summed E-state index contributed by atoms with van der Waals surface area (Å²) in [5.74, 6) is -0.549. The molecule has 2 aromatic heterocycles. The smallest absolute Gasteiger partial charge is 0.328 e. The molecule has 0 amide bonds. The van der Waals surface area contributed by atoms with Gasteiger partial charge in [0, 0.05) is 23.9 Å². The number of nitrogens with zero attached hydrogens (tertiary/aromatic N) is 3. The van der Waals surface area contributed by atoms with Gasteiger partial charge in [0.25, 0.3) is 0 Å². The molecular formula is C24H23N3O3. The SMILES string of the molecule is CC(=O)c1nn(CC(=O)OC(C)(C)C)c2ccc(-c3ccc4cccnc4c3)cc12. The summed E-state index contributed by atoms with van der Waals surface area (Å²) in [6, 6.07) is 15.8. The Balaban J connectivity index is 1.77. The second-order valence-electron chi connectivity index (χ2n) is 8.29. The van der Waals surface area contributed by atoms with E-state index in [0.29, 0.717) is 16.6 Å². The maximum absolute atomic E-state index is 12.3. The average molecular weight is 401 g/mol. The van der Waals surface area contributed by atoms with Crippen molar-refractivity contribution in [2.24, 2.45) is 0 Å². The van der Waals surface area contributed by atoms with Crippen molar-refractivity contribution in [3.63, 3.8) is 0 Å². The Morgan fingerprint density at radius 2 is 1.77 bits per heavy atom. The van der Waals surface area contributed by atoms with Crippen molar-refractivity contribution in [1.82, 2.24) is 14.8 Å². The van der Waals surface area contributed by atoms with Gasteiger partial charge in [-0.3, -0.25) is 19.3 Å². The van der Waals surface area contributed by atoms with Gasteiger partial charge in [-0.1, -0.05) is 24.3 Å². The van der Waals surface area contributed by atoms with E-state index in [1.165, 1.54) is 11.6 Å². The fraction of sp³-hybridized carbons (Fsp3) is 0.250. The lowest BCUT2D eigenvalue weighted by atomic mass is 10.0. The molecule has 0 aliphatic rings. The molecule has 2 aromatic carbocycles. The minimum atomic E-state index is -0.583. The number of ketones is 1. The fourth-order valence-electron chi connectivity index (χ4n) is 3.48. The van der Waals surface area contributed by atoms with E-state index in [1.807, 2.05) is 69.3 Å². The van der Waals surface area contributed by atoms with Gasteiger partial charge in [-0.25, -0.2) is 0 Å². The maximum Gasteiger partial charge on any atom is 0.328 e. The van der Waals surface area contributed by atoms with E-state index in [0.717, 1.165) is 22.0 Å². The molecule has 0 fully saturated rings. The highest BCUT2D eigenvalue weighted by Crippen LogP contribution is 2.29. The monoisotopic (exact) mass is 401 g/mol. The Bertz CT molecular complexity index is 1280. The van der Waals surface area contributed by atoms with Crippen molar-refractivity contribution in [1.29, 1.82) is 0 Å². The molecule has 0 aliphatic heterocycles. The maximum atomic E-state index is 12.3. The zero-order chi connectivity index (χ0) is 21.5. The molecule has 0 spiro atoms. The van der Waals surface area contributed by atoms with Gasteiger partial charge in [-0.05, 0) is 56.2 Å². The van der Waals surface area contributed by atoms with Crippen LogP contribution in [0.5, 0.6) is 0 Å². The zero-order valence-electron chi connectivity index (χ0n) is 17.5. The molecule has 0 N–H and O–H groups in total. The third kappa shape index (κ3) is 3.94. The number of hydrogen-bond acceptors (Lipinski definition) is 5. The first-order chi connectivity index (χ1) is 14.2. The van der Waals surface area contributed by atoms with Gasteiger partial charge >= 0.3 is 5.97 Å². The molecule has 0 saturated carbocycles. The zero-order valence-corrected chi connectivity index (χ0v) is 17.5. The van der Waals surface area contributed by atoms with Crippen LogP contribution < -0.4 is 0 Å². The Hall–Kier alpha value is -3.54. The summed E-state index contributed by atoms with van der Waals surface area (Å²) in [7, 11) is 0. The van der Waals surface area contributed by atoms with E-state index >= 15 is 0 Å². The van der Waals surface area contributed by atoms with Crippen LogP contribution >= 0.6 is 0 Å². The number of carbonyl (C=O) groups excluding carboxylic acids is 2. The van der Waals surface area contributed by atoms with Gasteiger partial charge in [0.05, 0.1) is 11.0 Å². The first-order valence-electron chi connectivity index (χ1n) is 9.80. The number of aromatic nitrogens is 3. The molecule has 4 rings (SSSR count). The van der Waals surface area contributed by atoms with Crippen molar-refractivity contribution < 1.29 is 14.3 Å². The second-order valence-corrected chi connectivity index (χ2v) is 8.29. The van der Waals surface area contributed by atoms with Gasteiger partial charge in [0.15, 0.2) is 5.78 Å². The van der Waals surface area contributed by atoms with Crippen LogP contribution in [0.4, 0.5) is 0 Å². The summed E-state index contributed by atoms with van der Waals surface area (Å²) in [5.41, 5.74) is 3.33. The fourth-order valence-corrected chi connectivity index (χ4v) is 3.48. The Morgan fingerprint density at radius 3 is 2.50 bits per heavy atom. The number of benzene rings is 2. The van der Waals surface area contributed by atoms with E-state index in [2.05, 4.69) is 10.1 Å². The molecule has 0 atom stereocenters. The molecule has 30 heavy (non-hydrogen) atoms. The molecular weight excluding hydrogens is 378 g/mol. The van der Waals surface area contributed by atoms with Crippen LogP contribution in [0.25, 0.3) is 32.9 Å². The van der Waals surface area contributed by atoms with Gasteiger partial charge in [-0.15, -0.1) is 0 Å². The van der Waals surface area contributed by atoms with E-state index in [1.54, 1.807) is 6.20 Å². The van der Waals surface area contributed by atoms with Crippen LogP contribution in [-0.4, -0.2) is 32.1 Å². The predicted molar refractivity (Wildman–Crippen MR) is 116 cm³/mol. The quantitative estimate of drug-likeness (QED) is 0.363. The number of hydrogen-bond donors (Lipinski definition) is 0. The summed E-state index contributed by atoms with van der Waals surface area (Å²) in [6.45, 7) is 6.87. The Morgan fingerprint density at radius 1 is 1.03 bits per heavy atom. The summed E-state index contributed by atoms with van der Waals surface area (Å²) in [4.78, 5) is 28.9. The minimum Gasteiger partial charge on any atom is -0.459 e. The highest BCUT2D eigenvalue weighted by Gasteiger charge is 2.20. The van der Waals surface area contributed by atoms with Crippen molar-refractivity contribution in [3.8, 4) is 11.1 Å². The van der Waals surface area contributed by atoms with Crippen molar-refractivity contribution in [2.45, 2.75) is 39.8 Å². The highest BCUT2D eigenvalue weighted by molar-refractivity contribution is 6.06. The highest BCUT2D eigenvalue weighted by atomic mass is 16.6. The van der Waals surface area contributed by atoms with Gasteiger partial charge in [0.1, 0.15) is 17.8 Å². The summed E-state index contributed by atoms with van der Waals surface area (Å²) < 4.78 is 6.94. The first-order valence-corrected chi connectivity index (χ1v) is 9.80. The van der Waals surface area contributed by atoms with Gasteiger partial charge < -0.3 is 4.74 Å². The van der Waals surface area contributed by atoms with Crippen molar-refractivity contribution in [3.05, 3.63) is 60.4 Å². The molecule has 0 saturated heterocycles. The van der Waals surface area contributed by atoms with E-state index in [4.69, 9.17) is 4.74 Å². The summed E-state index contributed by atoms with van der Waals surface area (Å²) >= 11 is 0. The van der Waals surface area contributed by atoms with Gasteiger partial charge in [0.2, 0.25) is 0 Å². The Kier molecular flexibility index (Phi) is 4.86. The molecule has 0 aliphatic carbocycles. The largest absolute Gasteiger partial charge is 0.459 e. The molecule has 6 heteroatoms. The van der Waals surface area contributed by atoms with Crippen LogP contribution in [0.3, 0.4) is 0 Å². The number of esters is 1. The second kappa shape index (κ2) is 7.37. The van der Waals surface area contributed by atoms with Crippen LogP contribution in [0.2, 0.25) is 0 Å². The third-order valence-corrected chi connectivity index (χ3v) is 4.72. The van der Waals surface area contributed by atoms with Crippen LogP contribution in [0.1, 0.15) is 38.2 Å². The number of carbonyl (C=O) groups is 2. The normalized spacial score (nSPS) is 11.7. The summed E-state index contributed by atoms with van der Waals surface area (Å²) in [6.07, 6.45) is 1.77. The number of ether oxygens (including phenoxy) is 1. The topological polar surface area (TPSA) is 74.1 Å². The summed E-state index contributed by atoms with van der Waals surface area (Å²) in [5, 5.41) is 6.18. The van der Waals surface area contributed by atoms with Crippen molar-refractivity contribution in [2.75, 3.05) is 0 Å². The minimum absolute atomic E-state index is 0.0553. The molecule has 2 heterocycles.